The molecule has 146 valence electrons. The van der Waals surface area contributed by atoms with E-state index in [0.29, 0.717) is 22.4 Å². The highest BCUT2D eigenvalue weighted by atomic mass is 79.9. The second-order valence-electron chi connectivity index (χ2n) is 6.22. The monoisotopic (exact) mass is 469 g/mol. The van der Waals surface area contributed by atoms with Crippen molar-refractivity contribution in [2.24, 2.45) is 0 Å². The molecule has 0 aliphatic carbocycles. The van der Waals surface area contributed by atoms with E-state index in [0.717, 1.165) is 4.47 Å². The van der Waals surface area contributed by atoms with Gasteiger partial charge < -0.3 is 11.1 Å². The van der Waals surface area contributed by atoms with E-state index in [9.17, 15) is 8.42 Å². The molecule has 7 nitrogen and oxygen atoms in total. The van der Waals surface area contributed by atoms with Crippen molar-refractivity contribution in [2.75, 3.05) is 15.8 Å². The Kier molecular flexibility index (Phi) is 5.08. The normalized spacial score (nSPS) is 11.3. The summed E-state index contributed by atoms with van der Waals surface area (Å²) in [6.45, 7) is 0. The first-order valence-electron chi connectivity index (χ1n) is 8.58. The van der Waals surface area contributed by atoms with Crippen molar-refractivity contribution in [3.63, 3.8) is 0 Å². The van der Waals surface area contributed by atoms with Gasteiger partial charge in [-0.2, -0.15) is 0 Å². The van der Waals surface area contributed by atoms with Crippen LogP contribution in [0.4, 0.5) is 23.0 Å². The van der Waals surface area contributed by atoms with Crippen molar-refractivity contribution in [1.29, 1.82) is 0 Å². The van der Waals surface area contributed by atoms with Crippen LogP contribution in [-0.4, -0.2) is 18.4 Å². The van der Waals surface area contributed by atoms with Gasteiger partial charge in [0.25, 0.3) is 10.0 Å². The molecule has 0 saturated heterocycles. The van der Waals surface area contributed by atoms with E-state index < -0.39 is 10.0 Å². The molecule has 0 saturated carbocycles. The lowest BCUT2D eigenvalue weighted by atomic mass is 10.3. The minimum Gasteiger partial charge on any atom is -0.399 e. The first-order valence-corrected chi connectivity index (χ1v) is 10.9. The number of nitrogen functional groups attached to an aromatic ring is 1. The topological polar surface area (TPSA) is 110 Å². The van der Waals surface area contributed by atoms with Gasteiger partial charge in [-0.15, -0.1) is 0 Å². The van der Waals surface area contributed by atoms with E-state index in [4.69, 9.17) is 5.73 Å². The average Bonchev–Trinajstić information content (AvgIpc) is 2.70. The number of nitrogens with two attached hydrogens (primary N) is 1. The van der Waals surface area contributed by atoms with Crippen LogP contribution >= 0.6 is 15.9 Å². The van der Waals surface area contributed by atoms with Gasteiger partial charge >= 0.3 is 0 Å². The Bertz CT molecular complexity index is 1280. The number of halogens is 1. The summed E-state index contributed by atoms with van der Waals surface area (Å²) in [4.78, 5) is 9.13. The van der Waals surface area contributed by atoms with Crippen molar-refractivity contribution in [3.05, 3.63) is 77.3 Å². The highest BCUT2D eigenvalue weighted by molar-refractivity contribution is 9.10. The summed E-state index contributed by atoms with van der Waals surface area (Å²) in [5.74, 6) is 0.387. The van der Waals surface area contributed by atoms with Crippen LogP contribution < -0.4 is 15.8 Å². The molecule has 0 aliphatic heterocycles. The maximum absolute atomic E-state index is 12.9. The van der Waals surface area contributed by atoms with Gasteiger partial charge in [0.05, 0.1) is 15.9 Å². The van der Waals surface area contributed by atoms with Gasteiger partial charge in [0.2, 0.25) is 0 Å². The van der Waals surface area contributed by atoms with Crippen LogP contribution in [0.2, 0.25) is 0 Å². The number of sulfonamides is 1. The summed E-state index contributed by atoms with van der Waals surface area (Å²) in [7, 11) is -3.85. The Morgan fingerprint density at radius 3 is 2.00 bits per heavy atom. The van der Waals surface area contributed by atoms with E-state index in [1.165, 1.54) is 12.1 Å². The summed E-state index contributed by atoms with van der Waals surface area (Å²) >= 11 is 3.30. The van der Waals surface area contributed by atoms with Gasteiger partial charge in [-0.1, -0.05) is 28.1 Å². The molecule has 0 unspecified atom stereocenters. The molecule has 0 spiro atoms. The number of para-hydroxylation sites is 2. The molecular weight excluding hydrogens is 454 g/mol. The number of hydrogen-bond acceptors (Lipinski definition) is 6. The summed E-state index contributed by atoms with van der Waals surface area (Å²) in [6.07, 6.45) is 0. The predicted molar refractivity (Wildman–Crippen MR) is 119 cm³/mol. The minimum atomic E-state index is -3.85. The first-order chi connectivity index (χ1) is 13.9. The molecule has 0 fully saturated rings. The van der Waals surface area contributed by atoms with Gasteiger partial charge in [-0.25, -0.2) is 18.4 Å². The van der Waals surface area contributed by atoms with Gasteiger partial charge in [0.15, 0.2) is 11.6 Å². The van der Waals surface area contributed by atoms with Gasteiger partial charge in [0.1, 0.15) is 0 Å². The highest BCUT2D eigenvalue weighted by Crippen LogP contribution is 2.27. The van der Waals surface area contributed by atoms with Crippen LogP contribution in [0.25, 0.3) is 11.0 Å². The molecule has 1 aromatic heterocycles. The molecule has 1 heterocycles. The van der Waals surface area contributed by atoms with Crippen LogP contribution in [-0.2, 0) is 10.0 Å². The second kappa shape index (κ2) is 7.69. The Hall–Kier alpha value is -3.17. The lowest BCUT2D eigenvalue weighted by molar-refractivity contribution is 0.601. The fourth-order valence-corrected chi connectivity index (χ4v) is 3.93. The van der Waals surface area contributed by atoms with Crippen LogP contribution in [0.15, 0.2) is 82.2 Å². The minimum absolute atomic E-state index is 0.100. The molecule has 0 amide bonds. The van der Waals surface area contributed by atoms with Gasteiger partial charge in [0, 0.05) is 15.8 Å². The molecular formula is C20H16BrN5O2S. The van der Waals surface area contributed by atoms with Crippen molar-refractivity contribution in [3.8, 4) is 0 Å². The molecule has 4 N–H and O–H groups in total. The maximum Gasteiger partial charge on any atom is 0.263 e. The zero-order chi connectivity index (χ0) is 20.4. The highest BCUT2D eigenvalue weighted by Gasteiger charge is 2.19. The Balaban J connectivity index is 1.77. The first kappa shape index (κ1) is 19.2. The van der Waals surface area contributed by atoms with Gasteiger partial charge in [-0.05, 0) is 60.7 Å². The molecule has 29 heavy (non-hydrogen) atoms. The second-order valence-corrected chi connectivity index (χ2v) is 8.81. The quantitative estimate of drug-likeness (QED) is 0.370. The number of rotatable bonds is 5. The molecule has 0 atom stereocenters. The third-order valence-electron chi connectivity index (χ3n) is 4.10. The van der Waals surface area contributed by atoms with Crippen molar-refractivity contribution >= 4 is 60.0 Å². The van der Waals surface area contributed by atoms with Crippen molar-refractivity contribution < 1.29 is 8.42 Å². The Labute approximate surface area is 176 Å². The molecule has 0 radical (unpaired) electrons. The Morgan fingerprint density at radius 1 is 0.793 bits per heavy atom. The standard InChI is InChI=1S/C20H16BrN5O2S/c21-13-5-11-16(12-6-13)29(27,28)26-20-19(23-15-9-7-14(22)8-10-15)24-17-3-1-2-4-18(17)25-20/h1-12H,22H2,(H,23,24)(H,25,26). The molecule has 0 bridgehead atoms. The van der Waals surface area contributed by atoms with E-state index in [-0.39, 0.29) is 16.5 Å². The van der Waals surface area contributed by atoms with Crippen LogP contribution in [0, 0.1) is 0 Å². The van der Waals surface area contributed by atoms with Crippen LogP contribution in [0.1, 0.15) is 0 Å². The number of nitrogens with zero attached hydrogens (tertiary/aromatic N) is 2. The molecule has 3 aromatic carbocycles. The molecule has 4 rings (SSSR count). The average molecular weight is 470 g/mol. The summed E-state index contributed by atoms with van der Waals surface area (Å²) in [5.41, 5.74) is 8.26. The van der Waals surface area contributed by atoms with Crippen molar-refractivity contribution in [2.45, 2.75) is 4.90 Å². The van der Waals surface area contributed by atoms with Gasteiger partial charge in [-0.3, -0.25) is 4.72 Å². The molecule has 9 heteroatoms. The van der Waals surface area contributed by atoms with Crippen LogP contribution in [0.5, 0.6) is 0 Å². The number of hydrogen-bond donors (Lipinski definition) is 3. The SMILES string of the molecule is Nc1ccc(Nc2nc3ccccc3nc2NS(=O)(=O)c2ccc(Br)cc2)cc1. The zero-order valence-electron chi connectivity index (χ0n) is 15.0. The molecule has 4 aromatic rings. The van der Waals surface area contributed by atoms with Crippen molar-refractivity contribution in [1.82, 2.24) is 9.97 Å². The number of fused-ring (bicyclic) bond motifs is 1. The summed E-state index contributed by atoms with van der Waals surface area (Å²) in [5, 5.41) is 3.11. The lowest BCUT2D eigenvalue weighted by Crippen LogP contribution is -2.16. The smallest absolute Gasteiger partial charge is 0.263 e. The Morgan fingerprint density at radius 2 is 1.38 bits per heavy atom. The molecule has 0 aliphatic rings. The lowest BCUT2D eigenvalue weighted by Gasteiger charge is -2.14. The number of benzene rings is 3. The largest absolute Gasteiger partial charge is 0.399 e. The summed E-state index contributed by atoms with van der Waals surface area (Å²) in [6, 6.07) is 20.6. The predicted octanol–water partition coefficient (Wildman–Crippen LogP) is 4.52. The number of anilines is 4. The fraction of sp³-hybridized carbons (Fsp3) is 0. The third kappa shape index (κ3) is 4.30. The van der Waals surface area contributed by atoms with E-state index >= 15 is 0 Å². The fourth-order valence-electron chi connectivity index (χ4n) is 2.66. The maximum atomic E-state index is 12.9. The number of nitrogens with one attached hydrogen (secondary N) is 2. The van der Waals surface area contributed by atoms with Crippen LogP contribution in [0.3, 0.4) is 0 Å². The third-order valence-corrected chi connectivity index (χ3v) is 5.98. The van der Waals surface area contributed by atoms with E-state index in [2.05, 4.69) is 35.9 Å². The van der Waals surface area contributed by atoms with E-state index in [1.807, 2.05) is 18.2 Å². The summed E-state index contributed by atoms with van der Waals surface area (Å²) < 4.78 is 29.0. The van der Waals surface area contributed by atoms with E-state index in [1.54, 1.807) is 42.5 Å². The number of aromatic nitrogens is 2. The zero-order valence-corrected chi connectivity index (χ0v) is 17.4.